The molecule has 13 heavy (non-hydrogen) atoms. The molecule has 0 aliphatic heterocycles. The summed E-state index contributed by atoms with van der Waals surface area (Å²) in [5.74, 6) is 0. The van der Waals surface area contributed by atoms with Crippen molar-refractivity contribution in [1.29, 1.82) is 0 Å². The summed E-state index contributed by atoms with van der Waals surface area (Å²) in [6.45, 7) is 9.51. The van der Waals surface area contributed by atoms with Crippen LogP contribution in [-0.2, 0) is 6.54 Å². The van der Waals surface area contributed by atoms with Crippen LogP contribution in [0.15, 0.2) is 0 Å². The Kier molecular flexibility index (Phi) is 3.88. The Hall–Kier alpha value is -0.410. The van der Waals surface area contributed by atoms with Crippen LogP contribution < -0.4 is 5.32 Å². The van der Waals surface area contributed by atoms with Gasteiger partial charge in [0.25, 0.3) is 0 Å². The van der Waals surface area contributed by atoms with Crippen molar-refractivity contribution < 1.29 is 0 Å². The lowest BCUT2D eigenvalue weighted by atomic mass is 10.2. The first-order chi connectivity index (χ1) is 6.13. The minimum absolute atomic E-state index is 0.599. The van der Waals surface area contributed by atoms with E-state index in [9.17, 15) is 0 Å². The molecule has 0 aliphatic carbocycles. The van der Waals surface area contributed by atoms with E-state index >= 15 is 0 Å². The fourth-order valence-corrected chi connectivity index (χ4v) is 2.04. The van der Waals surface area contributed by atoms with Gasteiger partial charge in [-0.2, -0.15) is 0 Å². The Balaban J connectivity index is 2.49. The summed E-state index contributed by atoms with van der Waals surface area (Å²) >= 11 is 1.79. The molecular formula is C10H18N2S. The number of aryl methyl sites for hydroxylation is 2. The number of rotatable bonds is 4. The topological polar surface area (TPSA) is 24.9 Å². The molecule has 2 nitrogen and oxygen atoms in total. The molecule has 0 bridgehead atoms. The third-order valence-electron chi connectivity index (χ3n) is 2.22. The Morgan fingerprint density at radius 2 is 2.15 bits per heavy atom. The van der Waals surface area contributed by atoms with Gasteiger partial charge >= 0.3 is 0 Å². The fourth-order valence-electron chi connectivity index (χ4n) is 1.15. The molecule has 74 valence electrons. The molecule has 1 atom stereocenters. The third-order valence-corrected chi connectivity index (χ3v) is 3.30. The van der Waals surface area contributed by atoms with Crippen LogP contribution in [0.25, 0.3) is 0 Å². The highest BCUT2D eigenvalue weighted by molar-refractivity contribution is 7.11. The normalized spacial score (nSPS) is 13.2. The molecule has 1 aromatic rings. The Morgan fingerprint density at radius 3 is 2.62 bits per heavy atom. The number of thiazole rings is 1. The minimum Gasteiger partial charge on any atom is -0.309 e. The first kappa shape index (κ1) is 10.7. The van der Waals surface area contributed by atoms with Gasteiger partial charge in [-0.3, -0.25) is 0 Å². The van der Waals surface area contributed by atoms with Gasteiger partial charge in [0.1, 0.15) is 0 Å². The van der Waals surface area contributed by atoms with E-state index in [1.54, 1.807) is 11.3 Å². The average molecular weight is 198 g/mol. The van der Waals surface area contributed by atoms with Crippen molar-refractivity contribution in [2.75, 3.05) is 0 Å². The maximum atomic E-state index is 4.39. The summed E-state index contributed by atoms with van der Waals surface area (Å²) in [6, 6.07) is 0.599. The molecule has 1 N–H and O–H groups in total. The molecule has 0 aromatic carbocycles. The molecule has 0 aliphatic rings. The molecule has 0 spiro atoms. The number of nitrogens with one attached hydrogen (secondary N) is 1. The molecule has 0 amide bonds. The predicted molar refractivity (Wildman–Crippen MR) is 58.2 cm³/mol. The van der Waals surface area contributed by atoms with Crippen LogP contribution in [0.2, 0.25) is 0 Å². The zero-order valence-electron chi connectivity index (χ0n) is 8.85. The van der Waals surface area contributed by atoms with E-state index in [0.717, 1.165) is 6.54 Å². The molecule has 0 saturated carbocycles. The van der Waals surface area contributed by atoms with E-state index in [2.05, 4.69) is 38.0 Å². The van der Waals surface area contributed by atoms with E-state index in [1.807, 2.05) is 0 Å². The zero-order valence-corrected chi connectivity index (χ0v) is 9.66. The van der Waals surface area contributed by atoms with Gasteiger partial charge in [0.15, 0.2) is 0 Å². The molecule has 1 heterocycles. The van der Waals surface area contributed by atoms with Gasteiger partial charge in [-0.05, 0) is 27.2 Å². The lowest BCUT2D eigenvalue weighted by Gasteiger charge is -2.09. The second-order valence-electron chi connectivity index (χ2n) is 3.43. The van der Waals surface area contributed by atoms with Crippen molar-refractivity contribution in [2.24, 2.45) is 0 Å². The third kappa shape index (κ3) is 3.08. The highest BCUT2D eigenvalue weighted by Gasteiger charge is 2.05. The van der Waals surface area contributed by atoms with Gasteiger partial charge < -0.3 is 5.32 Å². The Bertz CT molecular complexity index is 268. The van der Waals surface area contributed by atoms with Gasteiger partial charge in [-0.25, -0.2) is 4.98 Å². The summed E-state index contributed by atoms with van der Waals surface area (Å²) in [4.78, 5) is 5.77. The average Bonchev–Trinajstić information content (AvgIpc) is 2.41. The van der Waals surface area contributed by atoms with Crippen molar-refractivity contribution in [2.45, 2.75) is 46.7 Å². The molecular weight excluding hydrogens is 180 g/mol. The highest BCUT2D eigenvalue weighted by Crippen LogP contribution is 2.16. The van der Waals surface area contributed by atoms with Gasteiger partial charge in [-0.1, -0.05) is 6.92 Å². The van der Waals surface area contributed by atoms with E-state index in [1.165, 1.54) is 22.0 Å². The number of aromatic nitrogens is 1. The van der Waals surface area contributed by atoms with Crippen LogP contribution in [0.4, 0.5) is 0 Å². The second-order valence-corrected chi connectivity index (χ2v) is 4.72. The largest absolute Gasteiger partial charge is 0.309 e. The molecule has 0 fully saturated rings. The lowest BCUT2D eigenvalue weighted by molar-refractivity contribution is 0.536. The highest BCUT2D eigenvalue weighted by atomic mass is 32.1. The lowest BCUT2D eigenvalue weighted by Crippen LogP contribution is -2.24. The molecule has 0 radical (unpaired) electrons. The van der Waals surface area contributed by atoms with Crippen LogP contribution in [0.5, 0.6) is 0 Å². The number of hydrogen-bond donors (Lipinski definition) is 1. The SMILES string of the molecule is CCC(C)NCc1sc(C)nc1C. The van der Waals surface area contributed by atoms with Crippen LogP contribution in [0.1, 0.15) is 35.8 Å². The Morgan fingerprint density at radius 1 is 1.46 bits per heavy atom. The quantitative estimate of drug-likeness (QED) is 0.804. The summed E-state index contributed by atoms with van der Waals surface area (Å²) in [5, 5.41) is 4.64. The summed E-state index contributed by atoms with van der Waals surface area (Å²) in [6.07, 6.45) is 1.18. The maximum absolute atomic E-state index is 4.39. The van der Waals surface area contributed by atoms with Crippen molar-refractivity contribution in [3.63, 3.8) is 0 Å². The summed E-state index contributed by atoms with van der Waals surface area (Å²) in [7, 11) is 0. The van der Waals surface area contributed by atoms with E-state index in [0.29, 0.717) is 6.04 Å². The van der Waals surface area contributed by atoms with Gasteiger partial charge in [0.05, 0.1) is 10.7 Å². The first-order valence-corrected chi connectivity index (χ1v) is 5.61. The number of hydrogen-bond acceptors (Lipinski definition) is 3. The number of nitrogens with zero attached hydrogens (tertiary/aromatic N) is 1. The van der Waals surface area contributed by atoms with Gasteiger partial charge in [0, 0.05) is 17.5 Å². The first-order valence-electron chi connectivity index (χ1n) is 4.79. The summed E-state index contributed by atoms with van der Waals surface area (Å²) in [5.41, 5.74) is 1.18. The molecule has 0 saturated heterocycles. The zero-order chi connectivity index (χ0) is 9.84. The van der Waals surface area contributed by atoms with Crippen molar-refractivity contribution in [1.82, 2.24) is 10.3 Å². The van der Waals surface area contributed by atoms with Gasteiger partial charge in [0.2, 0.25) is 0 Å². The van der Waals surface area contributed by atoms with E-state index in [4.69, 9.17) is 0 Å². The monoisotopic (exact) mass is 198 g/mol. The summed E-state index contributed by atoms with van der Waals surface area (Å²) < 4.78 is 0. The molecule has 1 aromatic heterocycles. The molecule has 3 heteroatoms. The minimum atomic E-state index is 0.599. The van der Waals surface area contributed by atoms with Crippen LogP contribution in [-0.4, -0.2) is 11.0 Å². The van der Waals surface area contributed by atoms with Crippen LogP contribution >= 0.6 is 11.3 Å². The smallest absolute Gasteiger partial charge is 0.0900 e. The maximum Gasteiger partial charge on any atom is 0.0900 e. The standard InChI is InChI=1S/C10H18N2S/c1-5-7(2)11-6-10-8(3)12-9(4)13-10/h7,11H,5-6H2,1-4H3. The van der Waals surface area contributed by atoms with E-state index in [-0.39, 0.29) is 0 Å². The molecule has 1 rings (SSSR count). The fraction of sp³-hybridized carbons (Fsp3) is 0.700. The molecule has 1 unspecified atom stereocenters. The van der Waals surface area contributed by atoms with Crippen molar-refractivity contribution >= 4 is 11.3 Å². The second kappa shape index (κ2) is 4.72. The predicted octanol–water partition coefficient (Wildman–Crippen LogP) is 2.65. The van der Waals surface area contributed by atoms with Crippen LogP contribution in [0, 0.1) is 13.8 Å². The Labute approximate surface area is 84.4 Å². The van der Waals surface area contributed by atoms with E-state index < -0.39 is 0 Å². The van der Waals surface area contributed by atoms with Crippen LogP contribution in [0.3, 0.4) is 0 Å². The van der Waals surface area contributed by atoms with Crippen molar-refractivity contribution in [3.05, 3.63) is 15.6 Å². The van der Waals surface area contributed by atoms with Gasteiger partial charge in [-0.15, -0.1) is 11.3 Å². The van der Waals surface area contributed by atoms with Crippen molar-refractivity contribution in [3.8, 4) is 0 Å².